The second-order valence-electron chi connectivity index (χ2n) is 5.68. The number of ether oxygens (including phenoxy) is 1. The standard InChI is InChI=1S/C16H20ClNO2/c17-14-4-2-1-3-12(14)7-8-16(19)18-9-10-20-15(11-18)13-5-6-13/h1-4,13,15H,5-11H2/t15-/m0/s1. The van der Waals surface area contributed by atoms with Crippen LogP contribution in [0.1, 0.15) is 24.8 Å². The molecule has 1 aliphatic heterocycles. The molecular formula is C16H20ClNO2. The van der Waals surface area contributed by atoms with Gasteiger partial charge < -0.3 is 9.64 Å². The summed E-state index contributed by atoms with van der Waals surface area (Å²) in [7, 11) is 0. The average Bonchev–Trinajstić information content (AvgIpc) is 3.31. The van der Waals surface area contributed by atoms with Crippen molar-refractivity contribution in [3.63, 3.8) is 0 Å². The minimum atomic E-state index is 0.221. The lowest BCUT2D eigenvalue weighted by atomic mass is 10.1. The number of hydrogen-bond acceptors (Lipinski definition) is 2. The van der Waals surface area contributed by atoms with Crippen LogP contribution in [-0.2, 0) is 16.0 Å². The average molecular weight is 294 g/mol. The predicted octanol–water partition coefficient (Wildman–Crippen LogP) is 2.91. The topological polar surface area (TPSA) is 29.5 Å². The second-order valence-corrected chi connectivity index (χ2v) is 6.09. The van der Waals surface area contributed by atoms with Gasteiger partial charge in [0.25, 0.3) is 0 Å². The van der Waals surface area contributed by atoms with Crippen molar-refractivity contribution in [2.75, 3.05) is 19.7 Å². The molecule has 0 unspecified atom stereocenters. The van der Waals surface area contributed by atoms with Crippen molar-refractivity contribution in [3.8, 4) is 0 Å². The van der Waals surface area contributed by atoms with Gasteiger partial charge in [-0.2, -0.15) is 0 Å². The maximum absolute atomic E-state index is 12.3. The second kappa shape index (κ2) is 6.15. The van der Waals surface area contributed by atoms with E-state index in [1.807, 2.05) is 29.2 Å². The van der Waals surface area contributed by atoms with Crippen LogP contribution in [0.2, 0.25) is 5.02 Å². The van der Waals surface area contributed by atoms with Gasteiger partial charge in [-0.1, -0.05) is 29.8 Å². The molecule has 0 spiro atoms. The molecule has 1 heterocycles. The highest BCUT2D eigenvalue weighted by Crippen LogP contribution is 2.35. The smallest absolute Gasteiger partial charge is 0.223 e. The van der Waals surface area contributed by atoms with Crippen molar-refractivity contribution in [3.05, 3.63) is 34.9 Å². The lowest BCUT2D eigenvalue weighted by Gasteiger charge is -2.33. The Bertz CT molecular complexity index is 487. The van der Waals surface area contributed by atoms with Crippen LogP contribution in [0.15, 0.2) is 24.3 Å². The third-order valence-electron chi connectivity index (χ3n) is 4.16. The fraction of sp³-hybridized carbons (Fsp3) is 0.562. The van der Waals surface area contributed by atoms with Crippen LogP contribution >= 0.6 is 11.6 Å². The van der Waals surface area contributed by atoms with E-state index < -0.39 is 0 Å². The molecule has 4 heteroatoms. The normalized spacial score (nSPS) is 22.9. The van der Waals surface area contributed by atoms with E-state index >= 15 is 0 Å². The number of halogens is 1. The van der Waals surface area contributed by atoms with Gasteiger partial charge in [0.1, 0.15) is 0 Å². The monoisotopic (exact) mass is 293 g/mol. The lowest BCUT2D eigenvalue weighted by molar-refractivity contribution is -0.139. The summed E-state index contributed by atoms with van der Waals surface area (Å²) in [5, 5.41) is 0.748. The number of carbonyl (C=O) groups is 1. The summed E-state index contributed by atoms with van der Waals surface area (Å²) in [5.74, 6) is 0.910. The third-order valence-corrected chi connectivity index (χ3v) is 4.53. The number of hydrogen-bond donors (Lipinski definition) is 0. The molecule has 1 amide bonds. The minimum absolute atomic E-state index is 0.221. The molecule has 1 aromatic carbocycles. The quantitative estimate of drug-likeness (QED) is 0.854. The zero-order valence-electron chi connectivity index (χ0n) is 11.6. The highest BCUT2D eigenvalue weighted by atomic mass is 35.5. The van der Waals surface area contributed by atoms with Crippen molar-refractivity contribution in [2.45, 2.75) is 31.8 Å². The number of amides is 1. The first-order valence-corrected chi connectivity index (χ1v) is 7.74. The molecule has 2 fully saturated rings. The number of aryl methyl sites for hydroxylation is 1. The first kappa shape index (κ1) is 13.9. The van der Waals surface area contributed by atoms with Crippen LogP contribution in [0.25, 0.3) is 0 Å². The molecule has 0 bridgehead atoms. The number of carbonyl (C=O) groups excluding carboxylic acids is 1. The van der Waals surface area contributed by atoms with Gasteiger partial charge in [0, 0.05) is 24.5 Å². The maximum atomic E-state index is 12.3. The zero-order valence-corrected chi connectivity index (χ0v) is 12.3. The molecule has 0 N–H and O–H groups in total. The Labute approximate surface area is 124 Å². The summed E-state index contributed by atoms with van der Waals surface area (Å²) in [6, 6.07) is 7.74. The zero-order chi connectivity index (χ0) is 13.9. The number of benzene rings is 1. The molecule has 2 aliphatic rings. The predicted molar refractivity (Wildman–Crippen MR) is 78.8 cm³/mol. The van der Waals surface area contributed by atoms with E-state index in [1.165, 1.54) is 12.8 Å². The summed E-state index contributed by atoms with van der Waals surface area (Å²) < 4.78 is 5.75. The van der Waals surface area contributed by atoms with E-state index in [9.17, 15) is 4.79 Å². The van der Waals surface area contributed by atoms with E-state index in [4.69, 9.17) is 16.3 Å². The first-order valence-electron chi connectivity index (χ1n) is 7.37. The van der Waals surface area contributed by atoms with Crippen LogP contribution in [0, 0.1) is 5.92 Å². The first-order chi connectivity index (χ1) is 9.74. The van der Waals surface area contributed by atoms with Crippen molar-refractivity contribution in [1.29, 1.82) is 0 Å². The van der Waals surface area contributed by atoms with Gasteiger partial charge in [0.05, 0.1) is 12.7 Å². The van der Waals surface area contributed by atoms with Crippen LogP contribution < -0.4 is 0 Å². The Hall–Kier alpha value is -1.06. The van der Waals surface area contributed by atoms with Crippen LogP contribution in [-0.4, -0.2) is 36.6 Å². The summed E-state index contributed by atoms with van der Waals surface area (Å²) in [5.41, 5.74) is 1.05. The van der Waals surface area contributed by atoms with Gasteiger partial charge >= 0.3 is 0 Å². The molecule has 108 valence electrons. The molecular weight excluding hydrogens is 274 g/mol. The highest BCUT2D eigenvalue weighted by Gasteiger charge is 2.36. The van der Waals surface area contributed by atoms with Crippen molar-refractivity contribution < 1.29 is 9.53 Å². The Morgan fingerprint density at radius 1 is 1.35 bits per heavy atom. The summed E-state index contributed by atoms with van der Waals surface area (Å²) >= 11 is 6.12. The molecule has 1 saturated heterocycles. The van der Waals surface area contributed by atoms with Gasteiger partial charge in [-0.3, -0.25) is 4.79 Å². The highest BCUT2D eigenvalue weighted by molar-refractivity contribution is 6.31. The number of nitrogens with zero attached hydrogens (tertiary/aromatic N) is 1. The van der Waals surface area contributed by atoms with Crippen molar-refractivity contribution in [1.82, 2.24) is 4.90 Å². The van der Waals surface area contributed by atoms with E-state index in [0.717, 1.165) is 23.7 Å². The molecule has 1 saturated carbocycles. The number of morpholine rings is 1. The van der Waals surface area contributed by atoms with Gasteiger partial charge in [-0.15, -0.1) is 0 Å². The molecule has 1 aromatic rings. The Kier molecular flexibility index (Phi) is 4.27. The van der Waals surface area contributed by atoms with Crippen LogP contribution in [0.4, 0.5) is 0 Å². The van der Waals surface area contributed by atoms with Gasteiger partial charge in [0.15, 0.2) is 0 Å². The fourth-order valence-electron chi connectivity index (χ4n) is 2.76. The van der Waals surface area contributed by atoms with Crippen molar-refractivity contribution in [2.24, 2.45) is 5.92 Å². The fourth-order valence-corrected chi connectivity index (χ4v) is 2.99. The van der Waals surface area contributed by atoms with E-state index in [-0.39, 0.29) is 12.0 Å². The summed E-state index contributed by atoms with van der Waals surface area (Å²) in [6.07, 6.45) is 4.02. The molecule has 3 rings (SSSR count). The molecule has 0 aromatic heterocycles. The maximum Gasteiger partial charge on any atom is 0.223 e. The van der Waals surface area contributed by atoms with Crippen LogP contribution in [0.3, 0.4) is 0 Å². The van der Waals surface area contributed by atoms with Crippen LogP contribution in [0.5, 0.6) is 0 Å². The summed E-state index contributed by atoms with van der Waals surface area (Å²) in [4.78, 5) is 14.3. The Balaban J connectivity index is 1.52. The lowest BCUT2D eigenvalue weighted by Crippen LogP contribution is -2.46. The van der Waals surface area contributed by atoms with E-state index in [1.54, 1.807) is 0 Å². The molecule has 0 radical (unpaired) electrons. The van der Waals surface area contributed by atoms with Gasteiger partial charge in [-0.25, -0.2) is 0 Å². The minimum Gasteiger partial charge on any atom is -0.374 e. The number of rotatable bonds is 4. The molecule has 1 atom stereocenters. The Morgan fingerprint density at radius 2 is 2.15 bits per heavy atom. The van der Waals surface area contributed by atoms with Gasteiger partial charge in [-0.05, 0) is 36.8 Å². The van der Waals surface area contributed by atoms with E-state index in [0.29, 0.717) is 25.4 Å². The molecule has 20 heavy (non-hydrogen) atoms. The SMILES string of the molecule is O=C(CCc1ccccc1Cl)N1CCO[C@H](C2CC2)C1. The van der Waals surface area contributed by atoms with Gasteiger partial charge in [0.2, 0.25) is 5.91 Å². The summed E-state index contributed by atoms with van der Waals surface area (Å²) in [6.45, 7) is 2.18. The molecule has 1 aliphatic carbocycles. The molecule has 3 nitrogen and oxygen atoms in total. The third kappa shape index (κ3) is 3.33. The van der Waals surface area contributed by atoms with E-state index in [2.05, 4.69) is 0 Å². The Morgan fingerprint density at radius 3 is 2.90 bits per heavy atom. The van der Waals surface area contributed by atoms with Crippen molar-refractivity contribution >= 4 is 17.5 Å². The largest absolute Gasteiger partial charge is 0.374 e.